The number of carbonyl (C=O) groups excluding carboxylic acids is 2. The maximum absolute atomic E-state index is 15.1. The average Bonchev–Trinajstić information content (AvgIpc) is 3.00. The number of piperidine rings is 1. The van der Waals surface area contributed by atoms with Crippen molar-refractivity contribution in [3.63, 3.8) is 0 Å². The molecule has 8 heteroatoms. The van der Waals surface area contributed by atoms with Crippen molar-refractivity contribution < 1.29 is 9.59 Å². The zero-order valence-corrected chi connectivity index (χ0v) is 22.3. The molecule has 2 aromatic heterocycles. The molecule has 1 amide bonds. The molecule has 4 heterocycles. The van der Waals surface area contributed by atoms with Crippen LogP contribution in [0.25, 0.3) is 11.3 Å². The standard InChI is InChI=1S/C31H36N5O3/c37-27(24-7-3-1-4-8-24)22-36(29(39)25-9-5-2-6-10-25)30-34-26(23-11-16-32-17-12-23)21-28(38)35(30)20-15-31(36)13-18-33-19-14-31/h1,3-4,7-8,11-12,16-17,21,25,33H,2,5-6,9-10,13-15,18-20,22H2/q+1. The monoisotopic (exact) mass is 526 g/mol. The van der Waals surface area contributed by atoms with Crippen LogP contribution >= 0.6 is 0 Å². The highest BCUT2D eigenvalue weighted by Gasteiger charge is 2.63. The molecule has 3 aliphatic rings. The van der Waals surface area contributed by atoms with Crippen LogP contribution in [0.4, 0.5) is 5.95 Å². The number of hydrogen-bond donors (Lipinski definition) is 1. The quantitative estimate of drug-likeness (QED) is 0.397. The summed E-state index contributed by atoms with van der Waals surface area (Å²) in [5.74, 6) is 0.257. The summed E-state index contributed by atoms with van der Waals surface area (Å²) in [5.41, 5.74) is 1.20. The number of aromatic nitrogens is 3. The number of carbonyl (C=O) groups is 2. The molecule has 3 aromatic rings. The van der Waals surface area contributed by atoms with Crippen LogP contribution in [0.5, 0.6) is 0 Å². The fraction of sp³-hybridized carbons (Fsp3) is 0.452. The van der Waals surface area contributed by atoms with Crippen molar-refractivity contribution in [1.29, 1.82) is 0 Å². The van der Waals surface area contributed by atoms with Gasteiger partial charge in [0.15, 0.2) is 6.54 Å². The Labute approximate surface area is 228 Å². The Kier molecular flexibility index (Phi) is 6.99. The van der Waals surface area contributed by atoms with Crippen LogP contribution in [0.15, 0.2) is 65.7 Å². The molecule has 1 saturated carbocycles. The van der Waals surface area contributed by atoms with Crippen LogP contribution in [0.1, 0.15) is 61.7 Å². The number of benzene rings is 1. The first-order valence-corrected chi connectivity index (χ1v) is 14.3. The summed E-state index contributed by atoms with van der Waals surface area (Å²) >= 11 is 0. The smallest absolute Gasteiger partial charge is 0.316 e. The Hall–Kier alpha value is -3.49. The minimum absolute atomic E-state index is 0.0222. The Bertz CT molecular complexity index is 1410. The highest BCUT2D eigenvalue weighted by molar-refractivity contribution is 6.03. The summed E-state index contributed by atoms with van der Waals surface area (Å²) in [6, 6.07) is 14.4. The van der Waals surface area contributed by atoms with E-state index in [1.54, 1.807) is 23.0 Å². The number of quaternary nitrogens is 1. The molecule has 1 aliphatic carbocycles. The molecule has 2 aliphatic heterocycles. The molecule has 6 rings (SSSR count). The van der Waals surface area contributed by atoms with E-state index in [9.17, 15) is 9.59 Å². The molecule has 0 radical (unpaired) electrons. The van der Waals surface area contributed by atoms with Crippen molar-refractivity contribution in [3.8, 4) is 11.3 Å². The molecule has 1 aromatic carbocycles. The van der Waals surface area contributed by atoms with Crippen molar-refractivity contribution in [2.75, 3.05) is 19.6 Å². The summed E-state index contributed by atoms with van der Waals surface area (Å²) in [6.45, 7) is 2.01. The van der Waals surface area contributed by atoms with Gasteiger partial charge >= 0.3 is 11.9 Å². The van der Waals surface area contributed by atoms with E-state index >= 15 is 4.79 Å². The number of rotatable bonds is 5. The fourth-order valence-electron chi connectivity index (χ4n) is 7.15. The van der Waals surface area contributed by atoms with Crippen LogP contribution in [0, 0.1) is 5.92 Å². The van der Waals surface area contributed by atoms with Crippen molar-refractivity contribution >= 4 is 17.6 Å². The molecule has 1 N–H and O–H groups in total. The van der Waals surface area contributed by atoms with E-state index in [0.717, 1.165) is 63.6 Å². The highest BCUT2D eigenvalue weighted by atomic mass is 16.2. The molecular weight excluding hydrogens is 490 g/mol. The van der Waals surface area contributed by atoms with E-state index < -0.39 is 5.54 Å². The van der Waals surface area contributed by atoms with Gasteiger partial charge in [0.2, 0.25) is 5.78 Å². The second-order valence-corrected chi connectivity index (χ2v) is 11.3. The van der Waals surface area contributed by atoms with E-state index in [2.05, 4.69) is 10.3 Å². The van der Waals surface area contributed by atoms with Gasteiger partial charge in [0.05, 0.1) is 11.6 Å². The lowest BCUT2D eigenvalue weighted by molar-refractivity contribution is -0.145. The lowest BCUT2D eigenvalue weighted by Gasteiger charge is -2.55. The first-order valence-electron chi connectivity index (χ1n) is 14.3. The summed E-state index contributed by atoms with van der Waals surface area (Å²) in [6.07, 6.45) is 10.3. The number of nitrogens with one attached hydrogen (secondary N) is 1. The second kappa shape index (κ2) is 10.6. The van der Waals surface area contributed by atoms with Gasteiger partial charge in [-0.2, -0.15) is 9.47 Å². The Morgan fingerprint density at radius 3 is 2.41 bits per heavy atom. The lowest BCUT2D eigenvalue weighted by atomic mass is 9.76. The molecular formula is C31H36N5O3+. The topological polar surface area (TPSA) is 94.0 Å². The molecule has 0 bridgehead atoms. The lowest BCUT2D eigenvalue weighted by Crippen LogP contribution is -2.77. The largest absolute Gasteiger partial charge is 0.325 e. The zero-order valence-electron chi connectivity index (χ0n) is 22.3. The maximum atomic E-state index is 15.1. The highest BCUT2D eigenvalue weighted by Crippen LogP contribution is 2.47. The predicted molar refractivity (Wildman–Crippen MR) is 150 cm³/mol. The first kappa shape index (κ1) is 25.8. The van der Waals surface area contributed by atoms with Crippen LogP contribution < -0.4 is 15.4 Å². The molecule has 1 atom stereocenters. The third-order valence-electron chi connectivity index (χ3n) is 9.26. The summed E-state index contributed by atoms with van der Waals surface area (Å²) in [7, 11) is 0. The van der Waals surface area contributed by atoms with Crippen LogP contribution in [0.2, 0.25) is 0 Å². The van der Waals surface area contributed by atoms with Gasteiger partial charge in [0.1, 0.15) is 5.54 Å². The third-order valence-corrected chi connectivity index (χ3v) is 9.26. The normalized spacial score (nSPS) is 22.8. The number of hydrogen-bond acceptors (Lipinski definition) is 6. The van der Waals surface area contributed by atoms with Gasteiger partial charge in [-0.25, -0.2) is 9.36 Å². The van der Waals surface area contributed by atoms with Crippen molar-refractivity contribution in [2.24, 2.45) is 5.92 Å². The van der Waals surface area contributed by atoms with E-state index in [0.29, 0.717) is 30.2 Å². The molecule has 1 spiro atoms. The van der Waals surface area contributed by atoms with Gasteiger partial charge in [-0.15, -0.1) is 0 Å². The number of ketones is 1. The van der Waals surface area contributed by atoms with Gasteiger partial charge in [-0.1, -0.05) is 49.6 Å². The third kappa shape index (κ3) is 4.45. The molecule has 8 nitrogen and oxygen atoms in total. The van der Waals surface area contributed by atoms with Crippen LogP contribution in [0.3, 0.4) is 0 Å². The number of pyridine rings is 1. The molecule has 202 valence electrons. The number of amides is 1. The molecule has 1 saturated heterocycles. The Balaban J connectivity index is 1.61. The van der Waals surface area contributed by atoms with Gasteiger partial charge in [-0.05, 0) is 25.0 Å². The van der Waals surface area contributed by atoms with Crippen molar-refractivity contribution in [2.45, 2.75) is 63.5 Å². The summed E-state index contributed by atoms with van der Waals surface area (Å²) in [4.78, 5) is 52.0. The van der Waals surface area contributed by atoms with Gasteiger partial charge < -0.3 is 5.32 Å². The van der Waals surface area contributed by atoms with Gasteiger partial charge in [0.25, 0.3) is 5.56 Å². The minimum Gasteiger partial charge on any atom is -0.316 e. The second-order valence-electron chi connectivity index (χ2n) is 11.3. The van der Waals surface area contributed by atoms with E-state index in [-0.39, 0.29) is 34.2 Å². The first-order chi connectivity index (χ1) is 19.0. The SMILES string of the molecule is O=C(C[N+]1(C(=O)C2CCCCC2)c2nc(-c3ccncc3)cc(=O)n2CCC12CCNCC2)c1ccccc1. The summed E-state index contributed by atoms with van der Waals surface area (Å²) < 4.78 is 1.51. The van der Waals surface area contributed by atoms with E-state index in [4.69, 9.17) is 4.98 Å². The van der Waals surface area contributed by atoms with Gasteiger partial charge in [0, 0.05) is 68.5 Å². The number of fused-ring (bicyclic) bond motifs is 1. The predicted octanol–water partition coefficient (Wildman–Crippen LogP) is 4.13. The van der Waals surface area contributed by atoms with Crippen LogP contribution in [-0.2, 0) is 11.3 Å². The van der Waals surface area contributed by atoms with Crippen LogP contribution in [-0.4, -0.2) is 51.4 Å². The molecule has 1 unspecified atom stereocenters. The number of Topliss-reactive ketones (excluding diaryl/α,β-unsaturated/α-hetero) is 1. The molecule has 2 fully saturated rings. The fourth-order valence-corrected chi connectivity index (χ4v) is 7.15. The van der Waals surface area contributed by atoms with E-state index in [1.807, 2.05) is 42.5 Å². The minimum atomic E-state index is -0.499. The maximum Gasteiger partial charge on any atom is 0.325 e. The van der Waals surface area contributed by atoms with Crippen molar-refractivity contribution in [1.82, 2.24) is 24.3 Å². The number of nitrogens with zero attached hydrogens (tertiary/aromatic N) is 4. The molecule has 39 heavy (non-hydrogen) atoms. The average molecular weight is 527 g/mol. The van der Waals surface area contributed by atoms with E-state index in [1.165, 1.54) is 0 Å². The Morgan fingerprint density at radius 2 is 1.69 bits per heavy atom. The zero-order chi connectivity index (χ0) is 26.9. The van der Waals surface area contributed by atoms with Gasteiger partial charge in [-0.3, -0.25) is 14.6 Å². The summed E-state index contributed by atoms with van der Waals surface area (Å²) in [5, 5.41) is 3.47. The van der Waals surface area contributed by atoms with Crippen molar-refractivity contribution in [3.05, 3.63) is 76.8 Å². The Morgan fingerprint density at radius 1 is 0.974 bits per heavy atom.